The highest BCUT2D eigenvalue weighted by Gasteiger charge is 2.37. The van der Waals surface area contributed by atoms with Crippen LogP contribution < -0.4 is 35.6 Å². The number of rotatable bonds is 10. The van der Waals surface area contributed by atoms with Gasteiger partial charge in [-0.25, -0.2) is 40.3 Å². The Morgan fingerprint density at radius 1 is 0.810 bits per heavy atom. The molecule has 3 aliphatic rings. The number of carbonyl (C=O) groups excluding carboxylic acids is 1. The van der Waals surface area contributed by atoms with E-state index < -0.39 is 53.3 Å². The Labute approximate surface area is 366 Å². The summed E-state index contributed by atoms with van der Waals surface area (Å²) in [6.45, 7) is 10.3. The van der Waals surface area contributed by atoms with Gasteiger partial charge in [0.15, 0.2) is 0 Å². The smallest absolute Gasteiger partial charge is 0.254 e. The third-order valence-electron chi connectivity index (χ3n) is 12.3. The summed E-state index contributed by atoms with van der Waals surface area (Å²) in [5, 5.41) is 27.7. The van der Waals surface area contributed by atoms with E-state index in [0.29, 0.717) is 67.9 Å². The van der Waals surface area contributed by atoms with E-state index in [4.69, 9.17) is 10.3 Å². The van der Waals surface area contributed by atoms with Crippen molar-refractivity contribution in [3.63, 3.8) is 0 Å². The third-order valence-corrected chi connectivity index (χ3v) is 14.3. The molecule has 3 saturated heterocycles. The van der Waals surface area contributed by atoms with Crippen LogP contribution in [-0.2, 0) is 26.5 Å². The van der Waals surface area contributed by atoms with Crippen molar-refractivity contribution in [1.82, 2.24) is 10.2 Å². The molecule has 4 aromatic carbocycles. The summed E-state index contributed by atoms with van der Waals surface area (Å²) in [5.74, 6) is -2.87. The Hall–Kier alpha value is -5.39. The van der Waals surface area contributed by atoms with Gasteiger partial charge < -0.3 is 30.2 Å². The summed E-state index contributed by atoms with van der Waals surface area (Å²) in [6.07, 6.45) is 1.42. The molecular weight excluding hydrogens is 856 g/mol. The lowest BCUT2D eigenvalue weighted by molar-refractivity contribution is 0.0654. The zero-order valence-corrected chi connectivity index (χ0v) is 37.2. The molecule has 0 radical (unpaired) electrons. The largest absolute Gasteiger partial charge is 0.382 e. The number of nitrogens with one attached hydrogen (secondary N) is 2. The molecule has 336 valence electrons. The zero-order chi connectivity index (χ0) is 45.5. The van der Waals surface area contributed by atoms with Gasteiger partial charge in [-0.15, -0.1) is 0 Å². The fraction of sp³-hybridized carbons (Fsp3) is 0.409. The van der Waals surface area contributed by atoms with Crippen molar-refractivity contribution in [3.05, 3.63) is 105 Å². The number of piperidine rings is 1. The minimum absolute atomic E-state index is 0.00787. The van der Waals surface area contributed by atoms with Crippen molar-refractivity contribution in [1.29, 1.82) is 5.26 Å². The number of halogens is 3. The molecule has 0 aromatic heterocycles. The van der Waals surface area contributed by atoms with Gasteiger partial charge >= 0.3 is 0 Å². The van der Waals surface area contributed by atoms with E-state index in [-0.39, 0.29) is 61.0 Å². The van der Waals surface area contributed by atoms with E-state index in [1.807, 2.05) is 33.8 Å². The van der Waals surface area contributed by atoms with E-state index >= 15 is 13.6 Å². The predicted molar refractivity (Wildman–Crippen MR) is 237 cm³/mol. The van der Waals surface area contributed by atoms with Crippen LogP contribution in [0.15, 0.2) is 64.4 Å². The van der Waals surface area contributed by atoms with Crippen LogP contribution in [0.5, 0.6) is 0 Å². The average molecular weight is 908 g/mol. The van der Waals surface area contributed by atoms with Gasteiger partial charge in [-0.1, -0.05) is 12.1 Å². The van der Waals surface area contributed by atoms with Gasteiger partial charge in [-0.3, -0.25) is 4.79 Å². The second-order valence-corrected chi connectivity index (χ2v) is 19.8. The molecule has 6 N–H and O–H groups in total. The predicted octanol–water partition coefficient (Wildman–Crippen LogP) is 4.65. The number of nitriles is 1. The molecule has 63 heavy (non-hydrogen) atoms. The number of hydrogen-bond donors (Lipinski definition) is 4. The van der Waals surface area contributed by atoms with Gasteiger partial charge in [0, 0.05) is 75.7 Å². The monoisotopic (exact) mass is 907 g/mol. The lowest BCUT2D eigenvalue weighted by Crippen LogP contribution is -2.56. The first-order valence-electron chi connectivity index (χ1n) is 20.8. The summed E-state index contributed by atoms with van der Waals surface area (Å²) >= 11 is 0. The Balaban J connectivity index is 1.22. The summed E-state index contributed by atoms with van der Waals surface area (Å²) < 4.78 is 96.1. The molecule has 1 amide bonds. The number of aryl methyl sites for hydroxylation is 2. The molecule has 0 unspecified atom stereocenters. The first kappa shape index (κ1) is 45.6. The van der Waals surface area contributed by atoms with Crippen molar-refractivity contribution in [2.75, 3.05) is 72.4 Å². The second kappa shape index (κ2) is 18.0. The fourth-order valence-corrected chi connectivity index (χ4v) is 11.1. The molecule has 7 rings (SSSR count). The number of carbonyl (C=O) groups is 1. The summed E-state index contributed by atoms with van der Waals surface area (Å²) in [7, 11) is -9.03. The number of anilines is 4. The van der Waals surface area contributed by atoms with Crippen LogP contribution in [-0.4, -0.2) is 98.1 Å². The normalized spacial score (nSPS) is 19.0. The van der Waals surface area contributed by atoms with Crippen LogP contribution >= 0.6 is 0 Å². The number of sulfonamides is 2. The zero-order valence-electron chi connectivity index (χ0n) is 35.6. The molecule has 3 aliphatic heterocycles. The number of benzene rings is 4. The Morgan fingerprint density at radius 3 is 2.16 bits per heavy atom. The summed E-state index contributed by atoms with van der Waals surface area (Å²) in [6, 6.07) is 14.0. The number of nitrogens with two attached hydrogens (primary N) is 2. The first-order valence-corrected chi connectivity index (χ1v) is 23.9. The van der Waals surface area contributed by atoms with E-state index in [1.165, 1.54) is 24.3 Å². The first-order chi connectivity index (χ1) is 29.7. The highest BCUT2D eigenvalue weighted by molar-refractivity contribution is 7.89. The van der Waals surface area contributed by atoms with Crippen LogP contribution in [0.3, 0.4) is 0 Å². The van der Waals surface area contributed by atoms with Crippen LogP contribution in [0.25, 0.3) is 0 Å². The van der Waals surface area contributed by atoms with Gasteiger partial charge in [0.25, 0.3) is 5.91 Å². The highest BCUT2D eigenvalue weighted by Crippen LogP contribution is 2.36. The van der Waals surface area contributed by atoms with Gasteiger partial charge in [-0.05, 0) is 112 Å². The quantitative estimate of drug-likeness (QED) is 0.173. The van der Waals surface area contributed by atoms with E-state index in [1.54, 1.807) is 26.8 Å². The van der Waals surface area contributed by atoms with Crippen LogP contribution in [0, 0.1) is 49.6 Å². The van der Waals surface area contributed by atoms with Gasteiger partial charge in [0.1, 0.15) is 33.3 Å². The van der Waals surface area contributed by atoms with E-state index in [2.05, 4.69) is 21.6 Å². The van der Waals surface area contributed by atoms with Crippen molar-refractivity contribution in [2.45, 2.75) is 74.9 Å². The molecular formula is C44H52F3N9O5S2. The third kappa shape index (κ3) is 9.60. The maximum absolute atomic E-state index is 16.1. The Bertz CT molecular complexity index is 2710. The van der Waals surface area contributed by atoms with Crippen molar-refractivity contribution in [3.8, 4) is 6.07 Å². The standard InChI is InChI=1S/C44H52F3N9O5S2/c1-26-18-27(2)41(52-33-10-13-53(14-11-33)37-9-8-32(45)22-31(37)23-48)29(4)40(26)44(57)56-17-16-55(38-7-5-6-35(46)42(38)62(49,58)59)25-34(56)19-30-20-36(47)43(63(50,60)61)39(21-30)54-15-12-51-28(3)24-54/h5-9,18,20-22,28,33-34,51-52H,10-17,19,24-25H2,1-4H3,(H2,49,58,59)(H2,50,60,61)/t28-,34-/m0/s1. The van der Waals surface area contributed by atoms with Crippen molar-refractivity contribution >= 4 is 48.7 Å². The molecule has 4 aromatic rings. The molecule has 0 saturated carbocycles. The van der Waals surface area contributed by atoms with Gasteiger partial charge in [-0.2, -0.15) is 5.26 Å². The Morgan fingerprint density at radius 2 is 1.49 bits per heavy atom. The van der Waals surface area contributed by atoms with Crippen LogP contribution in [0.4, 0.5) is 35.9 Å². The Kier molecular flexibility index (Phi) is 13.0. The number of amides is 1. The number of piperazine rings is 2. The molecule has 14 nitrogen and oxygen atoms in total. The van der Waals surface area contributed by atoms with Gasteiger partial charge in [0.05, 0.1) is 28.7 Å². The lowest BCUT2D eigenvalue weighted by atomic mass is 9.93. The minimum Gasteiger partial charge on any atom is -0.382 e. The average Bonchev–Trinajstić information content (AvgIpc) is 3.21. The number of hydrogen-bond acceptors (Lipinski definition) is 11. The van der Waals surface area contributed by atoms with Crippen molar-refractivity contribution in [2.24, 2.45) is 10.3 Å². The summed E-state index contributed by atoms with van der Waals surface area (Å²) in [4.78, 5) is 20.9. The topological polar surface area (TPSA) is 198 Å². The molecule has 2 atom stereocenters. The number of nitrogens with zero attached hydrogens (tertiary/aromatic N) is 5. The number of primary sulfonamides is 2. The van der Waals surface area contributed by atoms with E-state index in [0.717, 1.165) is 28.9 Å². The molecule has 0 spiro atoms. The SMILES string of the molecule is Cc1cc(C)c(C(=O)N2CCN(c3cccc(F)c3S(N)(=O)=O)C[C@@H]2Cc2cc(F)c(S(N)(=O)=O)c(N3CCN[C@@H](C)C3)c2)c(C)c1NC1CCN(c2ccc(F)cc2C#N)CC1. The highest BCUT2D eigenvalue weighted by atomic mass is 32.2. The van der Waals surface area contributed by atoms with Crippen LogP contribution in [0.1, 0.15) is 57.9 Å². The maximum atomic E-state index is 16.1. The van der Waals surface area contributed by atoms with Crippen LogP contribution in [0.2, 0.25) is 0 Å². The molecule has 19 heteroatoms. The van der Waals surface area contributed by atoms with Gasteiger partial charge in [0.2, 0.25) is 20.0 Å². The fourth-order valence-electron chi connectivity index (χ4n) is 9.46. The molecule has 0 aliphatic carbocycles. The molecule has 3 fully saturated rings. The molecule has 0 bridgehead atoms. The summed E-state index contributed by atoms with van der Waals surface area (Å²) in [5.41, 5.74) is 5.05. The lowest BCUT2D eigenvalue weighted by Gasteiger charge is -2.43. The second-order valence-electron chi connectivity index (χ2n) is 16.8. The maximum Gasteiger partial charge on any atom is 0.254 e. The van der Waals surface area contributed by atoms with Crippen molar-refractivity contribution < 1.29 is 34.8 Å². The van der Waals surface area contributed by atoms with E-state index in [9.17, 15) is 26.5 Å². The minimum atomic E-state index is -4.53. The molecule has 3 heterocycles.